The fraction of sp³-hybridized carbons (Fsp3) is 0.632. The van der Waals surface area contributed by atoms with Gasteiger partial charge in [-0.1, -0.05) is 0 Å². The molecule has 0 saturated carbocycles. The Morgan fingerprint density at radius 2 is 1.88 bits per heavy atom. The van der Waals surface area contributed by atoms with Crippen molar-refractivity contribution in [2.24, 2.45) is 0 Å². The molecule has 2 bridgehead atoms. The summed E-state index contributed by atoms with van der Waals surface area (Å²) >= 11 is 0. The second kappa shape index (κ2) is 8.39. The Labute approximate surface area is 155 Å². The highest BCUT2D eigenvalue weighted by molar-refractivity contribution is 7.90. The molecule has 1 amide bonds. The first kappa shape index (κ1) is 19.2. The predicted molar refractivity (Wildman–Crippen MR) is 100 cm³/mol. The number of fused-ring (bicyclic) bond motifs is 2. The number of ether oxygens (including phenoxy) is 1. The SMILES string of the molecule is CS(=O)(=O)c1ccc(OCCCCC(=O)N2C3CCNCC2CC3)cc1. The highest BCUT2D eigenvalue weighted by atomic mass is 32.2. The van der Waals surface area contributed by atoms with Gasteiger partial charge in [0.2, 0.25) is 5.91 Å². The Balaban J connectivity index is 1.38. The fourth-order valence-electron chi connectivity index (χ4n) is 3.87. The van der Waals surface area contributed by atoms with E-state index >= 15 is 0 Å². The highest BCUT2D eigenvalue weighted by Gasteiger charge is 2.37. The van der Waals surface area contributed by atoms with Crippen LogP contribution >= 0.6 is 0 Å². The molecule has 6 nitrogen and oxygen atoms in total. The Hall–Kier alpha value is -1.60. The van der Waals surface area contributed by atoms with Crippen molar-refractivity contribution in [2.75, 3.05) is 26.0 Å². The Morgan fingerprint density at radius 3 is 2.62 bits per heavy atom. The first-order valence-electron chi connectivity index (χ1n) is 9.40. The third-order valence-electron chi connectivity index (χ3n) is 5.25. The van der Waals surface area contributed by atoms with E-state index in [0.29, 0.717) is 30.9 Å². The molecule has 2 unspecified atom stereocenters. The number of unbranched alkanes of at least 4 members (excludes halogenated alkanes) is 1. The van der Waals surface area contributed by atoms with Crippen LogP contribution in [0.15, 0.2) is 29.2 Å². The maximum absolute atomic E-state index is 12.6. The van der Waals surface area contributed by atoms with Crippen molar-refractivity contribution in [1.82, 2.24) is 10.2 Å². The summed E-state index contributed by atoms with van der Waals surface area (Å²) in [6, 6.07) is 7.24. The van der Waals surface area contributed by atoms with Crippen LogP contribution in [0.5, 0.6) is 5.75 Å². The molecule has 2 saturated heterocycles. The minimum atomic E-state index is -3.18. The van der Waals surface area contributed by atoms with Gasteiger partial charge >= 0.3 is 0 Å². The van der Waals surface area contributed by atoms with Crippen LogP contribution < -0.4 is 10.1 Å². The van der Waals surface area contributed by atoms with Gasteiger partial charge in [-0.2, -0.15) is 0 Å². The van der Waals surface area contributed by atoms with Gasteiger partial charge in [0.1, 0.15) is 5.75 Å². The molecule has 2 heterocycles. The van der Waals surface area contributed by atoms with E-state index in [4.69, 9.17) is 4.74 Å². The lowest BCUT2D eigenvalue weighted by Gasteiger charge is -2.28. The molecule has 2 atom stereocenters. The van der Waals surface area contributed by atoms with Crippen molar-refractivity contribution in [2.45, 2.75) is 55.5 Å². The van der Waals surface area contributed by atoms with Crippen LogP contribution in [0, 0.1) is 0 Å². The molecule has 144 valence electrons. The number of hydrogen-bond acceptors (Lipinski definition) is 5. The van der Waals surface area contributed by atoms with Gasteiger partial charge < -0.3 is 15.0 Å². The third-order valence-corrected chi connectivity index (χ3v) is 6.38. The molecule has 2 aliphatic rings. The van der Waals surface area contributed by atoms with E-state index in [1.807, 2.05) is 0 Å². The van der Waals surface area contributed by atoms with E-state index in [1.54, 1.807) is 24.3 Å². The molecule has 1 N–H and O–H groups in total. The number of amides is 1. The van der Waals surface area contributed by atoms with Crippen molar-refractivity contribution >= 4 is 15.7 Å². The van der Waals surface area contributed by atoms with E-state index < -0.39 is 9.84 Å². The average molecular weight is 381 g/mol. The summed E-state index contributed by atoms with van der Waals surface area (Å²) in [6.07, 6.45) is 6.70. The standard InChI is InChI=1S/C19H28N2O4S/c1-26(23,24)18-9-7-17(8-10-18)25-13-3-2-4-19(22)21-15-5-6-16(21)14-20-12-11-15/h7-10,15-16,20H,2-6,11-14H2,1H3. The van der Waals surface area contributed by atoms with Crippen LogP contribution in [0.2, 0.25) is 0 Å². The second-order valence-electron chi connectivity index (χ2n) is 7.23. The Bertz CT molecular complexity index is 704. The fourth-order valence-corrected chi connectivity index (χ4v) is 4.50. The van der Waals surface area contributed by atoms with E-state index in [9.17, 15) is 13.2 Å². The van der Waals surface area contributed by atoms with Crippen LogP contribution in [0.3, 0.4) is 0 Å². The van der Waals surface area contributed by atoms with Crippen LogP contribution in [0.1, 0.15) is 38.5 Å². The van der Waals surface area contributed by atoms with Crippen molar-refractivity contribution < 1.29 is 17.9 Å². The molecular formula is C19H28N2O4S. The first-order valence-corrected chi connectivity index (χ1v) is 11.3. The number of carbonyl (C=O) groups is 1. The third kappa shape index (κ3) is 4.76. The second-order valence-corrected chi connectivity index (χ2v) is 9.24. The summed E-state index contributed by atoms with van der Waals surface area (Å²) in [5.74, 6) is 0.930. The van der Waals surface area contributed by atoms with Crippen LogP contribution in [0.25, 0.3) is 0 Å². The minimum Gasteiger partial charge on any atom is -0.494 e. The molecule has 1 aromatic carbocycles. The van der Waals surface area contributed by atoms with Gasteiger partial charge in [0.05, 0.1) is 11.5 Å². The number of hydrogen-bond donors (Lipinski definition) is 1. The number of carbonyl (C=O) groups excluding carboxylic acids is 1. The number of rotatable bonds is 7. The van der Waals surface area contributed by atoms with Gasteiger partial charge in [0.15, 0.2) is 9.84 Å². The smallest absolute Gasteiger partial charge is 0.223 e. The molecule has 0 aromatic heterocycles. The highest BCUT2D eigenvalue weighted by Crippen LogP contribution is 2.28. The lowest BCUT2D eigenvalue weighted by molar-refractivity contribution is -0.133. The van der Waals surface area contributed by atoms with Gasteiger partial charge in [-0.15, -0.1) is 0 Å². The van der Waals surface area contributed by atoms with Gasteiger partial charge in [0, 0.05) is 31.3 Å². The lowest BCUT2D eigenvalue weighted by Crippen LogP contribution is -2.42. The van der Waals surface area contributed by atoms with Gasteiger partial charge in [-0.3, -0.25) is 4.79 Å². The van der Waals surface area contributed by atoms with Crippen molar-refractivity contribution in [3.05, 3.63) is 24.3 Å². The summed E-state index contributed by atoms with van der Waals surface area (Å²) in [7, 11) is -3.18. The van der Waals surface area contributed by atoms with E-state index in [0.717, 1.165) is 45.2 Å². The van der Waals surface area contributed by atoms with Gasteiger partial charge in [-0.05, 0) is 62.9 Å². The molecule has 1 aromatic rings. The maximum Gasteiger partial charge on any atom is 0.223 e. The van der Waals surface area contributed by atoms with Crippen molar-refractivity contribution in [1.29, 1.82) is 0 Å². The first-order chi connectivity index (χ1) is 12.4. The summed E-state index contributed by atoms with van der Waals surface area (Å²) in [4.78, 5) is 15.0. The molecule has 2 aliphatic heterocycles. The molecule has 0 spiro atoms. The van der Waals surface area contributed by atoms with E-state index in [1.165, 1.54) is 6.26 Å². The molecule has 7 heteroatoms. The van der Waals surface area contributed by atoms with E-state index in [2.05, 4.69) is 10.2 Å². The predicted octanol–water partition coefficient (Wildman–Crippen LogP) is 1.99. The zero-order chi connectivity index (χ0) is 18.6. The largest absolute Gasteiger partial charge is 0.494 e. The van der Waals surface area contributed by atoms with Gasteiger partial charge in [-0.25, -0.2) is 8.42 Å². The summed E-state index contributed by atoms with van der Waals surface area (Å²) in [5, 5.41) is 3.42. The Kier molecular flexibility index (Phi) is 6.19. The molecule has 2 fully saturated rings. The molecule has 0 aliphatic carbocycles. The van der Waals surface area contributed by atoms with E-state index in [-0.39, 0.29) is 10.8 Å². The number of nitrogens with one attached hydrogen (secondary N) is 1. The van der Waals surface area contributed by atoms with Crippen molar-refractivity contribution in [3.8, 4) is 5.75 Å². The molecule has 3 rings (SSSR count). The number of sulfone groups is 1. The topological polar surface area (TPSA) is 75.7 Å². The Morgan fingerprint density at radius 1 is 1.15 bits per heavy atom. The minimum absolute atomic E-state index is 0.277. The number of benzene rings is 1. The van der Waals surface area contributed by atoms with Crippen LogP contribution in [-0.2, 0) is 14.6 Å². The molecule has 0 radical (unpaired) electrons. The molecule has 26 heavy (non-hydrogen) atoms. The summed E-state index contributed by atoms with van der Waals surface area (Å²) < 4.78 is 28.5. The normalized spacial score (nSPS) is 22.9. The quantitative estimate of drug-likeness (QED) is 0.732. The van der Waals surface area contributed by atoms with Crippen molar-refractivity contribution in [3.63, 3.8) is 0 Å². The van der Waals surface area contributed by atoms with Crippen LogP contribution in [0.4, 0.5) is 0 Å². The summed E-state index contributed by atoms with van der Waals surface area (Å²) in [6.45, 7) is 2.46. The zero-order valence-electron chi connectivity index (χ0n) is 15.3. The summed E-state index contributed by atoms with van der Waals surface area (Å²) in [5.41, 5.74) is 0. The zero-order valence-corrected chi connectivity index (χ0v) is 16.1. The molecular weight excluding hydrogens is 352 g/mol. The average Bonchev–Trinajstić information content (AvgIpc) is 2.87. The number of nitrogens with zero attached hydrogens (tertiary/aromatic N) is 1. The lowest BCUT2D eigenvalue weighted by atomic mass is 10.1. The monoisotopic (exact) mass is 380 g/mol. The van der Waals surface area contributed by atoms with Crippen LogP contribution in [-0.4, -0.2) is 57.3 Å². The van der Waals surface area contributed by atoms with Gasteiger partial charge in [0.25, 0.3) is 0 Å². The maximum atomic E-state index is 12.6.